The zero-order valence-electron chi connectivity index (χ0n) is 11.7. The normalized spacial score (nSPS) is 13.6. The quantitative estimate of drug-likeness (QED) is 0.806. The summed E-state index contributed by atoms with van der Waals surface area (Å²) in [6, 6.07) is 4.90. The summed E-state index contributed by atoms with van der Waals surface area (Å²) >= 11 is 0. The second kappa shape index (κ2) is 6.88. The smallest absolute Gasteiger partial charge is 0.330 e. The van der Waals surface area contributed by atoms with Crippen molar-refractivity contribution in [2.45, 2.75) is 32.9 Å². The van der Waals surface area contributed by atoms with Crippen molar-refractivity contribution in [3.63, 3.8) is 0 Å². The molecule has 0 heterocycles. The van der Waals surface area contributed by atoms with Crippen molar-refractivity contribution in [2.24, 2.45) is 17.6 Å². The third-order valence-corrected chi connectivity index (χ3v) is 3.15. The molecule has 112 valence electrons. The summed E-state index contributed by atoms with van der Waals surface area (Å²) < 4.78 is 38.6. The zero-order valence-corrected chi connectivity index (χ0v) is 11.7. The number of benzene rings is 1. The van der Waals surface area contributed by atoms with E-state index in [2.05, 4.69) is 0 Å². The Hall–Kier alpha value is -1.36. The van der Waals surface area contributed by atoms with Crippen molar-refractivity contribution in [3.8, 4) is 0 Å². The maximum absolute atomic E-state index is 12.9. The first-order chi connectivity index (χ1) is 9.25. The van der Waals surface area contributed by atoms with E-state index < -0.39 is 17.5 Å². The van der Waals surface area contributed by atoms with E-state index in [-0.39, 0.29) is 17.9 Å². The topological polar surface area (TPSA) is 43.1 Å². The fourth-order valence-corrected chi connectivity index (χ4v) is 2.28. The second-order valence-electron chi connectivity index (χ2n) is 5.40. The molecule has 1 rings (SSSR count). The molecule has 0 fully saturated rings. The Kier molecular flexibility index (Phi) is 5.74. The fourth-order valence-electron chi connectivity index (χ4n) is 2.28. The van der Waals surface area contributed by atoms with Gasteiger partial charge in [0, 0.05) is 12.0 Å². The molecule has 0 aliphatic rings. The number of nitrogens with two attached hydrogens (primary N) is 1. The number of hydrogen-bond acceptors (Lipinski definition) is 2. The molecule has 0 aliphatic carbocycles. The molecule has 0 saturated carbocycles. The van der Waals surface area contributed by atoms with E-state index in [0.29, 0.717) is 12.5 Å². The number of rotatable bonds is 6. The molecule has 0 amide bonds. The fraction of sp³-hybridized carbons (Fsp3) is 0.533. The molecule has 20 heavy (non-hydrogen) atoms. The molecule has 0 aromatic heterocycles. The molecule has 2 N–H and O–H groups in total. The average Bonchev–Trinajstić information content (AvgIpc) is 2.36. The Balaban J connectivity index is 2.93. The van der Waals surface area contributed by atoms with E-state index in [1.165, 1.54) is 18.2 Å². The number of ketones is 1. The first-order valence-corrected chi connectivity index (χ1v) is 6.65. The van der Waals surface area contributed by atoms with Crippen molar-refractivity contribution < 1.29 is 18.0 Å². The van der Waals surface area contributed by atoms with Gasteiger partial charge in [0.2, 0.25) is 0 Å². The lowest BCUT2D eigenvalue weighted by Gasteiger charge is -2.17. The van der Waals surface area contributed by atoms with Gasteiger partial charge in [-0.25, -0.2) is 0 Å². The van der Waals surface area contributed by atoms with Gasteiger partial charge in [0.05, 0.1) is 5.56 Å². The van der Waals surface area contributed by atoms with Gasteiger partial charge in [-0.15, -0.1) is 0 Å². The summed E-state index contributed by atoms with van der Waals surface area (Å²) in [5.74, 6) is -0.216. The van der Waals surface area contributed by atoms with Crippen LogP contribution in [-0.4, -0.2) is 12.3 Å². The summed E-state index contributed by atoms with van der Waals surface area (Å²) in [4.78, 5) is 12.1. The van der Waals surface area contributed by atoms with E-state index in [1.54, 1.807) is 0 Å². The number of alkyl halides is 3. The lowest BCUT2D eigenvalue weighted by Crippen LogP contribution is -2.21. The van der Waals surface area contributed by atoms with Crippen LogP contribution in [0.3, 0.4) is 0 Å². The predicted octanol–water partition coefficient (Wildman–Crippen LogP) is 3.90. The van der Waals surface area contributed by atoms with Crippen LogP contribution in [0, 0.1) is 11.8 Å². The highest BCUT2D eigenvalue weighted by Gasteiger charge is 2.34. The van der Waals surface area contributed by atoms with Crippen LogP contribution < -0.4 is 5.73 Å². The Morgan fingerprint density at radius 3 is 2.35 bits per heavy atom. The maximum Gasteiger partial charge on any atom is 0.417 e. The molecule has 1 aromatic carbocycles. The van der Waals surface area contributed by atoms with Crippen molar-refractivity contribution in [3.05, 3.63) is 35.4 Å². The van der Waals surface area contributed by atoms with Crippen LogP contribution in [0.15, 0.2) is 24.3 Å². The number of carbonyl (C=O) groups is 1. The Labute approximate surface area is 117 Å². The molecule has 0 radical (unpaired) electrons. The van der Waals surface area contributed by atoms with Gasteiger partial charge in [-0.05, 0) is 30.9 Å². The highest BCUT2D eigenvalue weighted by atomic mass is 19.4. The molecule has 0 bridgehead atoms. The Morgan fingerprint density at radius 1 is 1.25 bits per heavy atom. The number of hydrogen-bond donors (Lipinski definition) is 1. The van der Waals surface area contributed by atoms with Gasteiger partial charge >= 0.3 is 6.18 Å². The van der Waals surface area contributed by atoms with Crippen molar-refractivity contribution in [2.75, 3.05) is 6.54 Å². The van der Waals surface area contributed by atoms with Crippen molar-refractivity contribution >= 4 is 5.78 Å². The molecule has 1 atom stereocenters. The first kappa shape index (κ1) is 16.7. The number of Topliss-reactive ketones (excluding diaryl/α,β-unsaturated/α-hetero) is 1. The van der Waals surface area contributed by atoms with Crippen LogP contribution in [-0.2, 0) is 6.18 Å². The van der Waals surface area contributed by atoms with Gasteiger partial charge in [0.25, 0.3) is 0 Å². The summed E-state index contributed by atoms with van der Waals surface area (Å²) in [6.07, 6.45) is -3.72. The third kappa shape index (κ3) is 4.63. The van der Waals surface area contributed by atoms with Gasteiger partial charge < -0.3 is 5.73 Å². The molecular formula is C15H20F3NO. The number of halogens is 3. The van der Waals surface area contributed by atoms with Crippen LogP contribution in [0.4, 0.5) is 13.2 Å². The van der Waals surface area contributed by atoms with Crippen LogP contribution in [0.2, 0.25) is 0 Å². The van der Waals surface area contributed by atoms with Gasteiger partial charge in [-0.2, -0.15) is 13.2 Å². The first-order valence-electron chi connectivity index (χ1n) is 6.65. The van der Waals surface area contributed by atoms with Crippen LogP contribution in [0.25, 0.3) is 0 Å². The Bertz CT molecular complexity index is 455. The van der Waals surface area contributed by atoms with Gasteiger partial charge in [-0.3, -0.25) is 4.79 Å². The van der Waals surface area contributed by atoms with E-state index in [9.17, 15) is 18.0 Å². The zero-order chi connectivity index (χ0) is 15.3. The van der Waals surface area contributed by atoms with E-state index in [0.717, 1.165) is 12.5 Å². The summed E-state index contributed by atoms with van der Waals surface area (Å²) in [5, 5.41) is 0. The van der Waals surface area contributed by atoms with Gasteiger partial charge in [0.15, 0.2) is 5.78 Å². The molecule has 1 aromatic rings. The molecule has 2 nitrogen and oxygen atoms in total. The van der Waals surface area contributed by atoms with Crippen LogP contribution in [0.5, 0.6) is 0 Å². The lowest BCUT2D eigenvalue weighted by molar-refractivity contribution is -0.137. The third-order valence-electron chi connectivity index (χ3n) is 3.15. The summed E-state index contributed by atoms with van der Waals surface area (Å²) in [7, 11) is 0. The van der Waals surface area contributed by atoms with E-state index in [1.807, 2.05) is 13.8 Å². The average molecular weight is 287 g/mol. The Morgan fingerprint density at radius 2 is 1.85 bits per heavy atom. The summed E-state index contributed by atoms with van der Waals surface area (Å²) in [6.45, 7) is 4.30. The second-order valence-corrected chi connectivity index (χ2v) is 5.40. The number of carbonyl (C=O) groups excluding carboxylic acids is 1. The largest absolute Gasteiger partial charge is 0.417 e. The molecule has 0 saturated heterocycles. The van der Waals surface area contributed by atoms with Crippen LogP contribution in [0.1, 0.15) is 42.6 Å². The standard InChI is InChI=1S/C15H20F3NO/c1-10(2)7-11(9-19)8-14(20)12-5-3-4-6-13(12)15(16,17)18/h3-6,10-11H,7-9,19H2,1-2H3. The SMILES string of the molecule is CC(C)CC(CN)CC(=O)c1ccccc1C(F)(F)F. The molecule has 0 spiro atoms. The maximum atomic E-state index is 12.9. The van der Waals surface area contributed by atoms with Crippen LogP contribution >= 0.6 is 0 Å². The minimum absolute atomic E-state index is 0.0573. The minimum Gasteiger partial charge on any atom is -0.330 e. The van der Waals surface area contributed by atoms with Crippen molar-refractivity contribution in [1.82, 2.24) is 0 Å². The highest BCUT2D eigenvalue weighted by Crippen LogP contribution is 2.33. The van der Waals surface area contributed by atoms with E-state index >= 15 is 0 Å². The predicted molar refractivity (Wildman–Crippen MR) is 72.4 cm³/mol. The minimum atomic E-state index is -4.51. The molecular weight excluding hydrogens is 267 g/mol. The van der Waals surface area contributed by atoms with Gasteiger partial charge in [0.1, 0.15) is 0 Å². The molecule has 1 unspecified atom stereocenters. The molecule has 0 aliphatic heterocycles. The molecule has 5 heteroatoms. The highest BCUT2D eigenvalue weighted by molar-refractivity contribution is 5.97. The lowest BCUT2D eigenvalue weighted by atomic mass is 9.89. The van der Waals surface area contributed by atoms with Crippen molar-refractivity contribution in [1.29, 1.82) is 0 Å². The van der Waals surface area contributed by atoms with E-state index in [4.69, 9.17) is 5.73 Å². The summed E-state index contributed by atoms with van der Waals surface area (Å²) in [5.41, 5.74) is 4.46. The van der Waals surface area contributed by atoms with Gasteiger partial charge in [-0.1, -0.05) is 32.0 Å². The monoisotopic (exact) mass is 287 g/mol.